The lowest BCUT2D eigenvalue weighted by Crippen LogP contribution is -2.26. The van der Waals surface area contributed by atoms with Crippen molar-refractivity contribution in [3.8, 4) is 0 Å². The number of nitrogens with two attached hydrogens (primary N) is 3. The zero-order chi connectivity index (χ0) is 13.8. The lowest BCUT2D eigenvalue weighted by Gasteiger charge is -1.95. The molecule has 19 heavy (non-hydrogen) atoms. The molecule has 0 aliphatic heterocycles. The molecule has 6 N–H and O–H groups in total. The molecule has 0 fully saturated rings. The van der Waals surface area contributed by atoms with Gasteiger partial charge in [-0.3, -0.25) is 0 Å². The summed E-state index contributed by atoms with van der Waals surface area (Å²) < 4.78 is 1.09. The molecule has 0 radical (unpaired) electrons. The van der Waals surface area contributed by atoms with E-state index in [1.54, 1.807) is 11.3 Å². The van der Waals surface area contributed by atoms with E-state index >= 15 is 0 Å². The quantitative estimate of drug-likeness (QED) is 0.581. The highest BCUT2D eigenvalue weighted by Gasteiger charge is 2.04. The number of hydrogen-bond donors (Lipinski definition) is 3. The van der Waals surface area contributed by atoms with Crippen LogP contribution < -0.4 is 17.2 Å². The van der Waals surface area contributed by atoms with Crippen LogP contribution in [0.5, 0.6) is 0 Å². The van der Waals surface area contributed by atoms with Crippen LogP contribution in [0.4, 0.5) is 5.69 Å². The fourth-order valence-electron chi connectivity index (χ4n) is 1.64. The van der Waals surface area contributed by atoms with E-state index in [0.717, 1.165) is 28.1 Å². The number of fused-ring (bicyclic) bond motifs is 1. The van der Waals surface area contributed by atoms with Crippen molar-refractivity contribution in [1.29, 1.82) is 0 Å². The lowest BCUT2D eigenvalue weighted by atomic mass is 10.3. The first-order valence-corrected chi connectivity index (χ1v) is 6.73. The predicted molar refractivity (Wildman–Crippen MR) is 80.7 cm³/mol. The van der Waals surface area contributed by atoms with Gasteiger partial charge in [-0.1, -0.05) is 6.92 Å². The summed E-state index contributed by atoms with van der Waals surface area (Å²) in [6.45, 7) is 2.14. The Balaban J connectivity index is 2.33. The van der Waals surface area contributed by atoms with Gasteiger partial charge >= 0.3 is 0 Å². The molecule has 6 nitrogen and oxygen atoms in total. The third-order valence-electron chi connectivity index (χ3n) is 2.37. The second-order valence-corrected chi connectivity index (χ2v) is 5.13. The minimum Gasteiger partial charge on any atom is -0.370 e. The fourth-order valence-corrected chi connectivity index (χ4v) is 2.74. The second kappa shape index (κ2) is 5.66. The summed E-state index contributed by atoms with van der Waals surface area (Å²) in [6, 6.07) is 5.70. The maximum atomic E-state index is 5.59. The Morgan fingerprint density at radius 3 is 2.79 bits per heavy atom. The number of guanidine groups is 2. The summed E-state index contributed by atoms with van der Waals surface area (Å²) in [7, 11) is 0. The zero-order valence-electron chi connectivity index (χ0n) is 10.6. The highest BCUT2D eigenvalue weighted by Crippen LogP contribution is 2.27. The van der Waals surface area contributed by atoms with E-state index in [-0.39, 0.29) is 11.9 Å². The number of rotatable bonds is 3. The van der Waals surface area contributed by atoms with Crippen LogP contribution in [0.3, 0.4) is 0 Å². The van der Waals surface area contributed by atoms with Crippen LogP contribution in [0.1, 0.15) is 18.4 Å². The van der Waals surface area contributed by atoms with Crippen molar-refractivity contribution in [2.45, 2.75) is 19.8 Å². The molecule has 0 bridgehead atoms. The van der Waals surface area contributed by atoms with Gasteiger partial charge in [0.2, 0.25) is 5.96 Å². The molecule has 1 aromatic heterocycles. The van der Waals surface area contributed by atoms with E-state index in [0.29, 0.717) is 5.69 Å². The molecule has 2 aromatic rings. The molecular formula is C12H16N6S. The molecule has 1 heterocycles. The standard InChI is InChI=1S/C12H16N6S/c1-2-3-10-17-8-5-4-7(6-9(8)19-10)16-12(15)18-11(13)14/h4-6H,2-3H2,1H3,(H6,13,14,15,16,18). The maximum absolute atomic E-state index is 5.59. The Morgan fingerprint density at radius 1 is 1.32 bits per heavy atom. The number of aliphatic imine (C=N–C) groups is 2. The Morgan fingerprint density at radius 2 is 2.11 bits per heavy atom. The molecule has 0 aliphatic rings. The van der Waals surface area contributed by atoms with E-state index in [1.807, 2.05) is 18.2 Å². The molecular weight excluding hydrogens is 260 g/mol. The average Bonchev–Trinajstić information content (AvgIpc) is 2.69. The van der Waals surface area contributed by atoms with Crippen LogP contribution in [-0.4, -0.2) is 16.9 Å². The summed E-state index contributed by atoms with van der Waals surface area (Å²) in [6.07, 6.45) is 2.08. The minimum absolute atomic E-state index is 0.0395. The van der Waals surface area contributed by atoms with Gasteiger partial charge in [0.25, 0.3) is 0 Å². The van der Waals surface area contributed by atoms with Crippen LogP contribution >= 0.6 is 11.3 Å². The van der Waals surface area contributed by atoms with Crippen molar-refractivity contribution in [3.63, 3.8) is 0 Å². The highest BCUT2D eigenvalue weighted by molar-refractivity contribution is 7.18. The molecule has 2 rings (SSSR count). The molecule has 0 spiro atoms. The zero-order valence-corrected chi connectivity index (χ0v) is 11.4. The van der Waals surface area contributed by atoms with Gasteiger partial charge in [0.1, 0.15) is 0 Å². The van der Waals surface area contributed by atoms with Gasteiger partial charge in [-0.25, -0.2) is 9.98 Å². The lowest BCUT2D eigenvalue weighted by molar-refractivity contribution is 0.913. The van der Waals surface area contributed by atoms with Crippen LogP contribution in [0.2, 0.25) is 0 Å². The fraction of sp³-hybridized carbons (Fsp3) is 0.250. The smallest absolute Gasteiger partial charge is 0.223 e. The number of benzene rings is 1. The number of hydrogen-bond acceptors (Lipinski definition) is 3. The van der Waals surface area contributed by atoms with Crippen molar-refractivity contribution in [3.05, 3.63) is 23.2 Å². The van der Waals surface area contributed by atoms with Crippen LogP contribution in [-0.2, 0) is 6.42 Å². The van der Waals surface area contributed by atoms with Crippen LogP contribution in [0, 0.1) is 0 Å². The van der Waals surface area contributed by atoms with Crippen molar-refractivity contribution in [1.82, 2.24) is 4.98 Å². The monoisotopic (exact) mass is 276 g/mol. The second-order valence-electron chi connectivity index (χ2n) is 4.02. The van der Waals surface area contributed by atoms with Crippen molar-refractivity contribution >= 4 is 39.2 Å². The first-order valence-electron chi connectivity index (χ1n) is 5.91. The largest absolute Gasteiger partial charge is 0.370 e. The molecule has 0 unspecified atom stereocenters. The number of nitrogens with zero attached hydrogens (tertiary/aromatic N) is 3. The third-order valence-corrected chi connectivity index (χ3v) is 3.45. The number of thiazole rings is 1. The van der Waals surface area contributed by atoms with Gasteiger partial charge in [-0.05, 0) is 31.0 Å². The molecule has 0 amide bonds. The normalized spacial score (nSPS) is 11.7. The summed E-state index contributed by atoms with van der Waals surface area (Å²) in [5.41, 5.74) is 17.7. The molecule has 1 aromatic carbocycles. The predicted octanol–water partition coefficient (Wildman–Crippen LogP) is 1.47. The minimum atomic E-state index is -0.106. The molecule has 0 aliphatic carbocycles. The highest BCUT2D eigenvalue weighted by atomic mass is 32.1. The van der Waals surface area contributed by atoms with E-state index in [9.17, 15) is 0 Å². The van der Waals surface area contributed by atoms with E-state index in [2.05, 4.69) is 21.9 Å². The van der Waals surface area contributed by atoms with Crippen molar-refractivity contribution in [2.75, 3.05) is 0 Å². The molecule has 100 valence electrons. The maximum Gasteiger partial charge on any atom is 0.223 e. The molecule has 0 saturated heterocycles. The number of aromatic nitrogens is 1. The SMILES string of the molecule is CCCc1nc2ccc(N=C(N)N=C(N)N)cc2s1. The first-order chi connectivity index (χ1) is 9.08. The Labute approximate surface area is 115 Å². The summed E-state index contributed by atoms with van der Waals surface area (Å²) in [4.78, 5) is 12.3. The van der Waals surface area contributed by atoms with Gasteiger partial charge in [-0.15, -0.1) is 11.3 Å². The topological polar surface area (TPSA) is 116 Å². The van der Waals surface area contributed by atoms with Crippen molar-refractivity contribution in [2.24, 2.45) is 27.2 Å². The molecule has 0 atom stereocenters. The van der Waals surface area contributed by atoms with Gasteiger partial charge in [-0.2, -0.15) is 4.99 Å². The van der Waals surface area contributed by atoms with E-state index in [1.165, 1.54) is 0 Å². The Hall–Kier alpha value is -2.15. The summed E-state index contributed by atoms with van der Waals surface area (Å²) >= 11 is 1.67. The number of aryl methyl sites for hydroxylation is 1. The van der Waals surface area contributed by atoms with Gasteiger partial charge < -0.3 is 17.2 Å². The molecule has 0 saturated carbocycles. The van der Waals surface area contributed by atoms with Gasteiger partial charge in [0.15, 0.2) is 5.96 Å². The Kier molecular flexibility index (Phi) is 3.96. The van der Waals surface area contributed by atoms with E-state index in [4.69, 9.17) is 17.2 Å². The third kappa shape index (κ3) is 3.41. The van der Waals surface area contributed by atoms with Gasteiger partial charge in [0, 0.05) is 0 Å². The van der Waals surface area contributed by atoms with E-state index < -0.39 is 0 Å². The summed E-state index contributed by atoms with van der Waals surface area (Å²) in [5, 5.41) is 1.14. The van der Waals surface area contributed by atoms with Crippen LogP contribution in [0.25, 0.3) is 10.2 Å². The van der Waals surface area contributed by atoms with Gasteiger partial charge in [0.05, 0.1) is 20.9 Å². The first kappa shape index (κ1) is 13.3. The van der Waals surface area contributed by atoms with Crippen molar-refractivity contribution < 1.29 is 0 Å². The summed E-state index contributed by atoms with van der Waals surface area (Å²) in [5.74, 6) is -0.0667. The average molecular weight is 276 g/mol. The van der Waals surface area contributed by atoms with Crippen LogP contribution in [0.15, 0.2) is 28.2 Å². The Bertz CT molecular complexity index is 639. The molecule has 7 heteroatoms.